The first-order valence-electron chi connectivity index (χ1n) is 6.15. The summed E-state index contributed by atoms with van der Waals surface area (Å²) in [4.78, 5) is 8.86. The number of rotatable bonds is 2. The van der Waals surface area contributed by atoms with Crippen LogP contribution in [0.25, 0.3) is 16.8 Å². The van der Waals surface area contributed by atoms with Gasteiger partial charge >= 0.3 is 0 Å². The van der Waals surface area contributed by atoms with E-state index >= 15 is 0 Å². The van der Waals surface area contributed by atoms with E-state index in [9.17, 15) is 0 Å². The lowest BCUT2D eigenvalue weighted by Gasteiger charge is -2.04. The number of hydrogen-bond acceptors (Lipinski definition) is 5. The van der Waals surface area contributed by atoms with Gasteiger partial charge in [-0.3, -0.25) is 5.10 Å². The van der Waals surface area contributed by atoms with E-state index in [0.29, 0.717) is 17.8 Å². The number of H-pyrrole nitrogens is 1. The van der Waals surface area contributed by atoms with Gasteiger partial charge in [0.25, 0.3) is 5.78 Å². The number of hydrogen-bond donors (Lipinski definition) is 2. The summed E-state index contributed by atoms with van der Waals surface area (Å²) in [5.41, 5.74) is 1.75. The van der Waals surface area contributed by atoms with Crippen molar-refractivity contribution in [1.29, 1.82) is 0 Å². The molecule has 4 rings (SSSR count). The highest BCUT2D eigenvalue weighted by molar-refractivity contribution is 5.83. The highest BCUT2D eigenvalue weighted by Gasteiger charge is 2.18. The second-order valence-electron chi connectivity index (χ2n) is 4.81. The SMILES string of the molecule is CC(C)Nc1nc2nc3cc4c(cc3n2[nH]1)OCO4. The summed E-state index contributed by atoms with van der Waals surface area (Å²) >= 11 is 0. The van der Waals surface area contributed by atoms with Gasteiger partial charge in [-0.15, -0.1) is 0 Å². The maximum atomic E-state index is 5.38. The molecule has 7 heteroatoms. The molecular weight excluding hydrogens is 246 g/mol. The van der Waals surface area contributed by atoms with Crippen LogP contribution in [-0.2, 0) is 0 Å². The fourth-order valence-corrected chi connectivity index (χ4v) is 2.21. The van der Waals surface area contributed by atoms with E-state index in [4.69, 9.17) is 9.47 Å². The molecule has 0 amide bonds. The predicted octanol–water partition coefficient (Wildman–Crippen LogP) is 1.76. The zero-order valence-electron chi connectivity index (χ0n) is 10.6. The summed E-state index contributed by atoms with van der Waals surface area (Å²) < 4.78 is 12.6. The van der Waals surface area contributed by atoms with Gasteiger partial charge < -0.3 is 14.8 Å². The average Bonchev–Trinajstić information content (AvgIpc) is 2.99. The number of nitrogens with zero attached hydrogens (tertiary/aromatic N) is 3. The van der Waals surface area contributed by atoms with Crippen LogP contribution in [0.2, 0.25) is 0 Å². The van der Waals surface area contributed by atoms with Crippen molar-refractivity contribution in [3.8, 4) is 11.5 Å². The number of aromatic amines is 1. The number of benzene rings is 1. The number of ether oxygens (including phenoxy) is 2. The topological polar surface area (TPSA) is 76.5 Å². The van der Waals surface area contributed by atoms with Crippen LogP contribution in [-0.4, -0.2) is 32.4 Å². The third-order valence-corrected chi connectivity index (χ3v) is 2.99. The van der Waals surface area contributed by atoms with E-state index in [1.165, 1.54) is 0 Å². The van der Waals surface area contributed by atoms with Gasteiger partial charge in [0.05, 0.1) is 11.0 Å². The molecule has 2 aromatic heterocycles. The van der Waals surface area contributed by atoms with E-state index < -0.39 is 0 Å². The molecule has 0 atom stereocenters. The molecule has 0 radical (unpaired) electrons. The van der Waals surface area contributed by atoms with E-state index in [1.807, 2.05) is 16.6 Å². The Morgan fingerprint density at radius 3 is 2.84 bits per heavy atom. The Hall–Kier alpha value is -2.44. The minimum atomic E-state index is 0.263. The van der Waals surface area contributed by atoms with Gasteiger partial charge in [-0.1, -0.05) is 0 Å². The molecule has 0 bridgehead atoms. The quantitative estimate of drug-likeness (QED) is 0.733. The highest BCUT2D eigenvalue weighted by atomic mass is 16.7. The molecule has 19 heavy (non-hydrogen) atoms. The summed E-state index contributed by atoms with van der Waals surface area (Å²) in [6.45, 7) is 4.38. The largest absolute Gasteiger partial charge is 0.454 e. The molecule has 0 aliphatic carbocycles. The fourth-order valence-electron chi connectivity index (χ4n) is 2.21. The summed E-state index contributed by atoms with van der Waals surface area (Å²) in [7, 11) is 0. The van der Waals surface area contributed by atoms with Crippen LogP contribution in [0.15, 0.2) is 12.1 Å². The van der Waals surface area contributed by atoms with Crippen LogP contribution in [0.4, 0.5) is 5.95 Å². The Bertz CT molecular complexity index is 773. The van der Waals surface area contributed by atoms with Crippen molar-refractivity contribution in [1.82, 2.24) is 19.6 Å². The third-order valence-electron chi connectivity index (χ3n) is 2.99. The summed E-state index contributed by atoms with van der Waals surface area (Å²) in [5, 5.41) is 6.39. The second-order valence-corrected chi connectivity index (χ2v) is 4.81. The molecule has 0 fully saturated rings. The Labute approximate surface area is 108 Å². The van der Waals surface area contributed by atoms with Gasteiger partial charge in [0.15, 0.2) is 11.5 Å². The van der Waals surface area contributed by atoms with Crippen molar-refractivity contribution in [3.63, 3.8) is 0 Å². The molecule has 1 aliphatic heterocycles. The van der Waals surface area contributed by atoms with E-state index in [0.717, 1.165) is 22.5 Å². The Morgan fingerprint density at radius 2 is 2.05 bits per heavy atom. The van der Waals surface area contributed by atoms with Crippen molar-refractivity contribution in [3.05, 3.63) is 12.1 Å². The second kappa shape index (κ2) is 3.53. The maximum Gasteiger partial charge on any atom is 0.253 e. The zero-order valence-corrected chi connectivity index (χ0v) is 10.6. The highest BCUT2D eigenvalue weighted by Crippen LogP contribution is 2.35. The van der Waals surface area contributed by atoms with Crippen molar-refractivity contribution in [2.45, 2.75) is 19.9 Å². The fraction of sp³-hybridized carbons (Fsp3) is 0.333. The number of nitrogens with one attached hydrogen (secondary N) is 2. The molecule has 98 valence electrons. The van der Waals surface area contributed by atoms with E-state index in [2.05, 4.69) is 34.2 Å². The van der Waals surface area contributed by atoms with Gasteiger partial charge in [-0.05, 0) is 13.8 Å². The lowest BCUT2D eigenvalue weighted by molar-refractivity contribution is 0.174. The summed E-state index contributed by atoms with van der Waals surface area (Å²) in [6.07, 6.45) is 0. The first-order valence-corrected chi connectivity index (χ1v) is 6.15. The third kappa shape index (κ3) is 1.51. The maximum absolute atomic E-state index is 5.38. The molecule has 0 saturated carbocycles. The Kier molecular flexibility index (Phi) is 1.95. The lowest BCUT2D eigenvalue weighted by Crippen LogP contribution is -2.10. The van der Waals surface area contributed by atoms with Crippen LogP contribution < -0.4 is 14.8 Å². The molecule has 1 aliphatic rings. The van der Waals surface area contributed by atoms with E-state index in [1.54, 1.807) is 0 Å². The predicted molar refractivity (Wildman–Crippen MR) is 69.7 cm³/mol. The minimum absolute atomic E-state index is 0.263. The molecule has 0 saturated heterocycles. The number of aromatic nitrogens is 4. The van der Waals surface area contributed by atoms with Crippen molar-refractivity contribution in [2.75, 3.05) is 12.1 Å². The normalized spacial score (nSPS) is 13.8. The smallest absolute Gasteiger partial charge is 0.253 e. The van der Waals surface area contributed by atoms with Gasteiger partial charge in [-0.2, -0.15) is 4.98 Å². The molecule has 3 aromatic rings. The summed E-state index contributed by atoms with van der Waals surface area (Å²) in [6, 6.07) is 4.09. The molecule has 1 aromatic carbocycles. The molecule has 2 N–H and O–H groups in total. The van der Waals surface area contributed by atoms with Crippen molar-refractivity contribution in [2.24, 2.45) is 0 Å². The molecule has 3 heterocycles. The van der Waals surface area contributed by atoms with Gasteiger partial charge in [0.2, 0.25) is 12.7 Å². The molecule has 7 nitrogen and oxygen atoms in total. The monoisotopic (exact) mass is 259 g/mol. The van der Waals surface area contributed by atoms with Crippen LogP contribution in [0.3, 0.4) is 0 Å². The van der Waals surface area contributed by atoms with Crippen molar-refractivity contribution < 1.29 is 9.47 Å². The Morgan fingerprint density at radius 1 is 1.26 bits per heavy atom. The lowest BCUT2D eigenvalue weighted by atomic mass is 10.3. The first-order chi connectivity index (χ1) is 9.20. The van der Waals surface area contributed by atoms with Crippen LogP contribution >= 0.6 is 0 Å². The molecule has 0 spiro atoms. The van der Waals surface area contributed by atoms with E-state index in [-0.39, 0.29) is 6.79 Å². The number of imidazole rings is 1. The van der Waals surface area contributed by atoms with Crippen LogP contribution in [0, 0.1) is 0 Å². The van der Waals surface area contributed by atoms with Gasteiger partial charge in [0, 0.05) is 18.2 Å². The van der Waals surface area contributed by atoms with Gasteiger partial charge in [-0.25, -0.2) is 9.50 Å². The molecule has 0 unspecified atom stereocenters. The van der Waals surface area contributed by atoms with Gasteiger partial charge in [0.1, 0.15) is 0 Å². The zero-order chi connectivity index (χ0) is 13.0. The molecular formula is C12H13N5O2. The standard InChI is InChI=1S/C12H13N5O2/c1-6(2)13-11-15-12-14-7-3-9-10(19-5-18-9)4-8(7)17(12)16-11/h3-4,6H,5H2,1-2H3,(H2,13,14,15,16). The van der Waals surface area contributed by atoms with Crippen molar-refractivity contribution >= 4 is 22.8 Å². The first kappa shape index (κ1) is 10.5. The summed E-state index contributed by atoms with van der Waals surface area (Å²) in [5.74, 6) is 2.80. The Balaban J connectivity index is 1.91. The number of anilines is 1. The van der Waals surface area contributed by atoms with Crippen LogP contribution in [0.5, 0.6) is 11.5 Å². The minimum Gasteiger partial charge on any atom is -0.454 e. The van der Waals surface area contributed by atoms with Crippen LogP contribution in [0.1, 0.15) is 13.8 Å². The average molecular weight is 259 g/mol. The number of fused-ring (bicyclic) bond motifs is 4.